The number of hydrogen-bond donors (Lipinski definition) is 4. The Balaban J connectivity index is 1.29. The summed E-state index contributed by atoms with van der Waals surface area (Å²) >= 11 is 0. The van der Waals surface area contributed by atoms with Crippen molar-refractivity contribution in [3.8, 4) is 0 Å². The standard InChI is InChI=1S/C23H26N8O2/c1-14-11-26-22(30-21(14)27-15-5-7-19-18(10-15)29-23(32)33-19)28-16-6-8-20(25-12-16)31(2)17-4-3-9-24-13-17/h5-8,10-12,17,24H,3-4,9,13H2,1-2H3,(H,29,32)(H2,26,27,28,30). The number of nitrogens with zero attached hydrogens (tertiary/aromatic N) is 4. The van der Waals surface area contributed by atoms with Crippen LogP contribution >= 0.6 is 0 Å². The van der Waals surface area contributed by atoms with Gasteiger partial charge in [-0.15, -0.1) is 0 Å². The molecule has 3 aromatic heterocycles. The molecule has 170 valence electrons. The monoisotopic (exact) mass is 446 g/mol. The number of oxazole rings is 1. The van der Waals surface area contributed by atoms with E-state index in [0.717, 1.165) is 35.8 Å². The first-order chi connectivity index (χ1) is 16.0. The second-order valence-electron chi connectivity index (χ2n) is 8.22. The minimum Gasteiger partial charge on any atom is -0.408 e. The normalized spacial score (nSPS) is 16.0. The summed E-state index contributed by atoms with van der Waals surface area (Å²) in [5, 5.41) is 9.94. The molecule has 0 aliphatic carbocycles. The van der Waals surface area contributed by atoms with Crippen molar-refractivity contribution in [3.63, 3.8) is 0 Å². The quantitative estimate of drug-likeness (QED) is 0.353. The van der Waals surface area contributed by atoms with E-state index in [-0.39, 0.29) is 0 Å². The lowest BCUT2D eigenvalue weighted by molar-refractivity contribution is 0.443. The molecule has 1 aliphatic rings. The molecule has 0 bridgehead atoms. The van der Waals surface area contributed by atoms with E-state index in [1.165, 1.54) is 12.8 Å². The molecule has 1 aromatic carbocycles. The highest BCUT2D eigenvalue weighted by Gasteiger charge is 2.18. The average Bonchev–Trinajstić information content (AvgIpc) is 3.21. The predicted molar refractivity (Wildman–Crippen MR) is 129 cm³/mol. The largest absolute Gasteiger partial charge is 0.417 e. The number of hydrogen-bond acceptors (Lipinski definition) is 9. The van der Waals surface area contributed by atoms with Crippen molar-refractivity contribution in [2.45, 2.75) is 25.8 Å². The van der Waals surface area contributed by atoms with E-state index in [0.29, 0.717) is 28.9 Å². The van der Waals surface area contributed by atoms with E-state index >= 15 is 0 Å². The molecule has 1 atom stereocenters. The molecule has 1 saturated heterocycles. The van der Waals surface area contributed by atoms with Gasteiger partial charge >= 0.3 is 5.76 Å². The van der Waals surface area contributed by atoms with Crippen molar-refractivity contribution in [3.05, 3.63) is 58.8 Å². The van der Waals surface area contributed by atoms with Gasteiger partial charge in [0.05, 0.1) is 17.4 Å². The molecule has 0 spiro atoms. The SMILES string of the molecule is Cc1cnc(Nc2ccc(N(C)C3CCCNC3)nc2)nc1Nc1ccc2oc(=O)[nH]c2c1. The van der Waals surface area contributed by atoms with Crippen LogP contribution in [0, 0.1) is 6.92 Å². The second-order valence-corrected chi connectivity index (χ2v) is 8.22. The number of nitrogens with one attached hydrogen (secondary N) is 4. The number of anilines is 5. The van der Waals surface area contributed by atoms with Gasteiger partial charge in [-0.05, 0) is 56.6 Å². The van der Waals surface area contributed by atoms with Crippen LogP contribution in [-0.4, -0.2) is 46.1 Å². The van der Waals surface area contributed by atoms with Crippen LogP contribution in [0.25, 0.3) is 11.1 Å². The molecular formula is C23H26N8O2. The van der Waals surface area contributed by atoms with Crippen LogP contribution in [0.3, 0.4) is 0 Å². The summed E-state index contributed by atoms with van der Waals surface area (Å²) in [6, 6.07) is 9.81. The maximum absolute atomic E-state index is 11.4. The molecule has 0 amide bonds. The van der Waals surface area contributed by atoms with E-state index in [1.54, 1.807) is 24.5 Å². The minimum atomic E-state index is -0.479. The number of H-pyrrole nitrogens is 1. The van der Waals surface area contributed by atoms with Crippen LogP contribution in [0.1, 0.15) is 18.4 Å². The Morgan fingerprint density at radius 2 is 2.00 bits per heavy atom. The van der Waals surface area contributed by atoms with Gasteiger partial charge in [-0.3, -0.25) is 4.98 Å². The number of aryl methyl sites for hydroxylation is 1. The molecule has 0 saturated carbocycles. The highest BCUT2D eigenvalue weighted by molar-refractivity contribution is 5.78. The third-order valence-electron chi connectivity index (χ3n) is 5.84. The van der Waals surface area contributed by atoms with Gasteiger partial charge in [0.15, 0.2) is 5.58 Å². The Bertz CT molecular complexity index is 1310. The van der Waals surface area contributed by atoms with E-state index in [9.17, 15) is 4.79 Å². The molecule has 1 fully saturated rings. The summed E-state index contributed by atoms with van der Waals surface area (Å²) in [6.07, 6.45) is 5.90. The lowest BCUT2D eigenvalue weighted by Gasteiger charge is -2.32. The van der Waals surface area contributed by atoms with Crippen LogP contribution in [0.5, 0.6) is 0 Å². The number of rotatable bonds is 6. The maximum Gasteiger partial charge on any atom is 0.417 e. The molecule has 10 heteroatoms. The number of benzene rings is 1. The van der Waals surface area contributed by atoms with Gasteiger partial charge in [0.1, 0.15) is 11.6 Å². The average molecular weight is 447 g/mol. The Labute approximate surface area is 190 Å². The number of fused-ring (bicyclic) bond motifs is 1. The van der Waals surface area contributed by atoms with Gasteiger partial charge in [-0.25, -0.2) is 14.8 Å². The molecule has 4 heterocycles. The summed E-state index contributed by atoms with van der Waals surface area (Å²) in [6.45, 7) is 4.00. The molecule has 4 N–H and O–H groups in total. The number of piperidine rings is 1. The van der Waals surface area contributed by atoms with Crippen molar-refractivity contribution < 1.29 is 4.42 Å². The molecule has 4 aromatic rings. The first-order valence-corrected chi connectivity index (χ1v) is 11.0. The van der Waals surface area contributed by atoms with Crippen LogP contribution in [0.2, 0.25) is 0 Å². The second kappa shape index (κ2) is 8.91. The number of aromatic nitrogens is 4. The Morgan fingerprint density at radius 1 is 1.12 bits per heavy atom. The third-order valence-corrected chi connectivity index (χ3v) is 5.84. The predicted octanol–water partition coefficient (Wildman–Crippen LogP) is 3.29. The molecular weight excluding hydrogens is 420 g/mol. The first kappa shape index (κ1) is 21.0. The molecule has 1 unspecified atom stereocenters. The number of likely N-dealkylation sites (N-methyl/N-ethyl adjacent to an activating group) is 1. The van der Waals surface area contributed by atoms with Gasteiger partial charge < -0.3 is 25.3 Å². The molecule has 1 aliphatic heterocycles. The molecule has 10 nitrogen and oxygen atoms in total. The van der Waals surface area contributed by atoms with Gasteiger partial charge in [-0.1, -0.05) is 0 Å². The van der Waals surface area contributed by atoms with Gasteiger partial charge in [0.2, 0.25) is 5.95 Å². The van der Waals surface area contributed by atoms with Crippen molar-refractivity contribution >= 4 is 40.1 Å². The topological polar surface area (TPSA) is 124 Å². The van der Waals surface area contributed by atoms with E-state index in [1.807, 2.05) is 25.1 Å². The van der Waals surface area contributed by atoms with Crippen LogP contribution in [0.15, 0.2) is 51.9 Å². The Hall–Kier alpha value is -3.92. The number of pyridine rings is 1. The fraction of sp³-hybridized carbons (Fsp3) is 0.304. The zero-order valence-electron chi connectivity index (χ0n) is 18.6. The summed E-state index contributed by atoms with van der Waals surface area (Å²) in [7, 11) is 2.09. The summed E-state index contributed by atoms with van der Waals surface area (Å²) in [4.78, 5) is 29.9. The lowest BCUT2D eigenvalue weighted by atomic mass is 10.1. The van der Waals surface area contributed by atoms with E-state index in [4.69, 9.17) is 4.42 Å². The summed E-state index contributed by atoms with van der Waals surface area (Å²) in [5.41, 5.74) is 3.60. The fourth-order valence-corrected chi connectivity index (χ4v) is 3.94. The van der Waals surface area contributed by atoms with Gasteiger partial charge in [-0.2, -0.15) is 4.98 Å². The Morgan fingerprint density at radius 3 is 2.79 bits per heavy atom. The third kappa shape index (κ3) is 4.65. The van der Waals surface area contributed by atoms with Crippen molar-refractivity contribution in [2.24, 2.45) is 0 Å². The lowest BCUT2D eigenvalue weighted by Crippen LogP contribution is -2.44. The summed E-state index contributed by atoms with van der Waals surface area (Å²) in [5.74, 6) is 1.58. The molecule has 5 rings (SSSR count). The Kier molecular flexibility index (Phi) is 5.66. The maximum atomic E-state index is 11.4. The molecule has 33 heavy (non-hydrogen) atoms. The van der Waals surface area contributed by atoms with Crippen LogP contribution < -0.4 is 26.6 Å². The highest BCUT2D eigenvalue weighted by atomic mass is 16.4. The minimum absolute atomic E-state index is 0.457. The summed E-state index contributed by atoms with van der Waals surface area (Å²) < 4.78 is 5.05. The van der Waals surface area contributed by atoms with E-state index < -0.39 is 5.76 Å². The highest BCUT2D eigenvalue weighted by Crippen LogP contribution is 2.24. The van der Waals surface area contributed by atoms with Crippen molar-refractivity contribution in [1.82, 2.24) is 25.3 Å². The fourth-order valence-electron chi connectivity index (χ4n) is 3.94. The zero-order valence-corrected chi connectivity index (χ0v) is 18.6. The van der Waals surface area contributed by atoms with Crippen LogP contribution in [-0.2, 0) is 0 Å². The first-order valence-electron chi connectivity index (χ1n) is 11.0. The van der Waals surface area contributed by atoms with Gasteiger partial charge in [0, 0.05) is 37.1 Å². The van der Waals surface area contributed by atoms with Gasteiger partial charge in [0.25, 0.3) is 0 Å². The zero-order chi connectivity index (χ0) is 22.8. The van der Waals surface area contributed by atoms with E-state index in [2.05, 4.69) is 47.8 Å². The smallest absolute Gasteiger partial charge is 0.408 e. The van der Waals surface area contributed by atoms with Crippen molar-refractivity contribution in [2.75, 3.05) is 35.7 Å². The molecule has 0 radical (unpaired) electrons. The van der Waals surface area contributed by atoms with Crippen LogP contribution in [0.4, 0.5) is 29.0 Å². The number of aromatic amines is 1. The van der Waals surface area contributed by atoms with Crippen molar-refractivity contribution in [1.29, 1.82) is 0 Å².